The van der Waals surface area contributed by atoms with Gasteiger partial charge in [-0.15, -0.1) is 11.3 Å². The zero-order chi connectivity index (χ0) is 16.5. The van der Waals surface area contributed by atoms with Crippen molar-refractivity contribution in [2.75, 3.05) is 6.54 Å². The van der Waals surface area contributed by atoms with Gasteiger partial charge in [-0.2, -0.15) is 0 Å². The predicted octanol–water partition coefficient (Wildman–Crippen LogP) is 3.57. The second-order valence-electron chi connectivity index (χ2n) is 5.60. The van der Waals surface area contributed by atoms with Crippen LogP contribution in [-0.4, -0.2) is 28.2 Å². The van der Waals surface area contributed by atoms with Crippen LogP contribution in [0.2, 0.25) is 0 Å². The second-order valence-corrected chi connectivity index (χ2v) is 6.53. The Morgan fingerprint density at radius 1 is 0.917 bits per heavy atom. The largest absolute Gasteiger partial charge is 0.273 e. The van der Waals surface area contributed by atoms with Crippen molar-refractivity contribution < 1.29 is 9.59 Å². The topological polar surface area (TPSA) is 50.3 Å². The number of hydrogen-bond donors (Lipinski definition) is 0. The van der Waals surface area contributed by atoms with Crippen molar-refractivity contribution in [3.63, 3.8) is 0 Å². The quantitative estimate of drug-likeness (QED) is 0.685. The number of rotatable bonds is 4. The molecule has 0 N–H and O–H groups in total. The number of hydrogen-bond acceptors (Lipinski definition) is 4. The van der Waals surface area contributed by atoms with Gasteiger partial charge in [0.15, 0.2) is 0 Å². The zero-order valence-corrected chi connectivity index (χ0v) is 13.6. The van der Waals surface area contributed by atoms with E-state index in [2.05, 4.69) is 4.98 Å². The fraction of sp³-hybridized carbons (Fsp3) is 0.105. The minimum atomic E-state index is -0.229. The van der Waals surface area contributed by atoms with Crippen LogP contribution in [0.15, 0.2) is 66.2 Å². The van der Waals surface area contributed by atoms with Crippen LogP contribution in [0.3, 0.4) is 0 Å². The molecular weight excluding hydrogens is 320 g/mol. The Balaban J connectivity index is 1.70. The van der Waals surface area contributed by atoms with E-state index in [1.165, 1.54) is 16.2 Å². The third-order valence-corrected chi connectivity index (χ3v) is 5.08. The Kier molecular flexibility index (Phi) is 3.70. The molecule has 4 rings (SSSR count). The van der Waals surface area contributed by atoms with Gasteiger partial charge in [-0.1, -0.05) is 42.5 Å². The van der Waals surface area contributed by atoms with Gasteiger partial charge in [0.2, 0.25) is 0 Å². The number of nitrogens with zero attached hydrogens (tertiary/aromatic N) is 2. The summed E-state index contributed by atoms with van der Waals surface area (Å²) < 4.78 is 0. The summed E-state index contributed by atoms with van der Waals surface area (Å²) in [5, 5.41) is 2.81. The molecule has 2 amide bonds. The summed E-state index contributed by atoms with van der Waals surface area (Å²) in [6, 6.07) is 16.8. The van der Waals surface area contributed by atoms with Gasteiger partial charge < -0.3 is 0 Å². The lowest BCUT2D eigenvalue weighted by Crippen LogP contribution is -2.34. The summed E-state index contributed by atoms with van der Waals surface area (Å²) in [6.45, 7) is 0.296. The fourth-order valence-corrected chi connectivity index (χ4v) is 3.76. The highest BCUT2D eigenvalue weighted by Crippen LogP contribution is 2.31. The van der Waals surface area contributed by atoms with Crippen molar-refractivity contribution in [2.24, 2.45) is 0 Å². The van der Waals surface area contributed by atoms with E-state index in [0.717, 1.165) is 10.6 Å². The third kappa shape index (κ3) is 2.43. The van der Waals surface area contributed by atoms with E-state index in [1.807, 2.05) is 35.7 Å². The van der Waals surface area contributed by atoms with Crippen LogP contribution < -0.4 is 0 Å². The second kappa shape index (κ2) is 6.02. The van der Waals surface area contributed by atoms with E-state index >= 15 is 0 Å². The lowest BCUT2D eigenvalue weighted by Gasteiger charge is -2.21. The Morgan fingerprint density at radius 2 is 1.54 bits per heavy atom. The number of benzene rings is 2. The smallest absolute Gasteiger partial charge is 0.261 e. The van der Waals surface area contributed by atoms with Crippen LogP contribution >= 0.6 is 11.3 Å². The zero-order valence-electron chi connectivity index (χ0n) is 12.8. The average molecular weight is 334 g/mol. The maximum Gasteiger partial charge on any atom is 0.261 e. The van der Waals surface area contributed by atoms with Crippen molar-refractivity contribution in [1.82, 2.24) is 9.88 Å². The standard InChI is InChI=1S/C19H14N2O2S/c22-18-14-8-4-5-9-15(14)19(23)21(18)12-16(17-20-10-11-24-17)13-6-2-1-3-7-13/h1-11,16H,12H2. The van der Waals surface area contributed by atoms with E-state index in [1.54, 1.807) is 30.5 Å². The molecule has 1 aliphatic rings. The maximum atomic E-state index is 12.6. The summed E-state index contributed by atoms with van der Waals surface area (Å²) in [7, 11) is 0. The van der Waals surface area contributed by atoms with Gasteiger partial charge in [0.05, 0.1) is 17.0 Å². The molecule has 0 radical (unpaired) electrons. The number of carbonyl (C=O) groups is 2. The molecule has 1 aromatic heterocycles. The molecule has 1 unspecified atom stereocenters. The monoisotopic (exact) mass is 334 g/mol. The van der Waals surface area contributed by atoms with Crippen LogP contribution in [0.4, 0.5) is 0 Å². The van der Waals surface area contributed by atoms with Crippen LogP contribution in [0.25, 0.3) is 0 Å². The first-order valence-electron chi connectivity index (χ1n) is 7.65. The molecule has 3 aromatic rings. The molecule has 24 heavy (non-hydrogen) atoms. The molecule has 5 heteroatoms. The fourth-order valence-electron chi connectivity index (χ4n) is 3.01. The van der Waals surface area contributed by atoms with Crippen molar-refractivity contribution in [3.05, 3.63) is 87.9 Å². The third-order valence-electron chi connectivity index (χ3n) is 4.19. The average Bonchev–Trinajstić information content (AvgIpc) is 3.23. The van der Waals surface area contributed by atoms with Gasteiger partial charge in [0.1, 0.15) is 5.01 Å². The van der Waals surface area contributed by atoms with Gasteiger partial charge in [0, 0.05) is 18.1 Å². The minimum Gasteiger partial charge on any atom is -0.273 e. The summed E-state index contributed by atoms with van der Waals surface area (Å²) in [4.78, 5) is 31.0. The van der Waals surface area contributed by atoms with E-state index < -0.39 is 0 Å². The highest BCUT2D eigenvalue weighted by atomic mass is 32.1. The minimum absolute atomic E-state index is 0.117. The highest BCUT2D eigenvalue weighted by molar-refractivity contribution is 7.09. The summed E-state index contributed by atoms with van der Waals surface area (Å²) >= 11 is 1.54. The maximum absolute atomic E-state index is 12.6. The molecule has 1 aliphatic heterocycles. The van der Waals surface area contributed by atoms with Crippen molar-refractivity contribution in [3.8, 4) is 0 Å². The molecule has 0 bridgehead atoms. The summed E-state index contributed by atoms with van der Waals surface area (Å²) in [5.74, 6) is -0.574. The molecule has 4 nitrogen and oxygen atoms in total. The molecule has 0 saturated heterocycles. The SMILES string of the molecule is O=C1c2ccccc2C(=O)N1CC(c1ccccc1)c1nccs1. The van der Waals surface area contributed by atoms with Gasteiger partial charge in [-0.3, -0.25) is 14.5 Å². The molecule has 0 fully saturated rings. The van der Waals surface area contributed by atoms with Crippen LogP contribution in [-0.2, 0) is 0 Å². The number of amides is 2. The lowest BCUT2D eigenvalue weighted by molar-refractivity contribution is 0.0649. The molecule has 0 saturated carbocycles. The molecule has 2 heterocycles. The number of aromatic nitrogens is 1. The van der Waals surface area contributed by atoms with Gasteiger partial charge >= 0.3 is 0 Å². The van der Waals surface area contributed by atoms with Crippen LogP contribution in [0.1, 0.15) is 37.2 Å². The predicted molar refractivity (Wildman–Crippen MR) is 92.2 cm³/mol. The summed E-state index contributed by atoms with van der Waals surface area (Å²) in [5.41, 5.74) is 2.01. The van der Waals surface area contributed by atoms with Crippen molar-refractivity contribution in [2.45, 2.75) is 5.92 Å². The Bertz CT molecular complexity index is 856. The molecule has 1 atom stereocenters. The molecular formula is C19H14N2O2S. The normalized spacial score (nSPS) is 14.8. The molecule has 0 aliphatic carbocycles. The van der Waals surface area contributed by atoms with Crippen molar-refractivity contribution in [1.29, 1.82) is 0 Å². The Morgan fingerprint density at radius 3 is 2.12 bits per heavy atom. The lowest BCUT2D eigenvalue weighted by atomic mass is 9.99. The van der Waals surface area contributed by atoms with E-state index in [9.17, 15) is 9.59 Å². The Hall–Kier alpha value is -2.79. The van der Waals surface area contributed by atoms with Crippen molar-refractivity contribution >= 4 is 23.2 Å². The number of thiazole rings is 1. The van der Waals surface area contributed by atoms with E-state index in [0.29, 0.717) is 17.7 Å². The van der Waals surface area contributed by atoms with Crippen LogP contribution in [0.5, 0.6) is 0 Å². The highest BCUT2D eigenvalue weighted by Gasteiger charge is 2.37. The summed E-state index contributed by atoms with van der Waals surface area (Å²) in [6.07, 6.45) is 1.75. The molecule has 118 valence electrons. The van der Waals surface area contributed by atoms with E-state index in [4.69, 9.17) is 0 Å². The number of carbonyl (C=O) groups excluding carboxylic acids is 2. The van der Waals surface area contributed by atoms with Crippen LogP contribution in [0, 0.1) is 0 Å². The first-order chi connectivity index (χ1) is 11.8. The van der Waals surface area contributed by atoms with Gasteiger partial charge in [-0.25, -0.2) is 4.98 Å². The molecule has 0 spiro atoms. The molecule has 2 aromatic carbocycles. The number of imide groups is 1. The number of fused-ring (bicyclic) bond motifs is 1. The first-order valence-corrected chi connectivity index (χ1v) is 8.53. The Labute approximate surface area is 143 Å². The van der Waals surface area contributed by atoms with E-state index in [-0.39, 0.29) is 17.7 Å². The van der Waals surface area contributed by atoms with Gasteiger partial charge in [0.25, 0.3) is 11.8 Å². The first kappa shape index (κ1) is 14.8. The van der Waals surface area contributed by atoms with Gasteiger partial charge in [-0.05, 0) is 17.7 Å².